The lowest BCUT2D eigenvalue weighted by Crippen LogP contribution is -2.29. The lowest BCUT2D eigenvalue weighted by molar-refractivity contribution is -0.384. The summed E-state index contributed by atoms with van der Waals surface area (Å²) in [4.78, 5) is 21.5. The molecule has 0 aliphatic heterocycles. The lowest BCUT2D eigenvalue weighted by Gasteiger charge is -2.07. The Morgan fingerprint density at radius 1 is 1.39 bits per heavy atom. The highest BCUT2D eigenvalue weighted by molar-refractivity contribution is 5.80. The molecule has 0 saturated heterocycles. The van der Waals surface area contributed by atoms with Gasteiger partial charge in [-0.2, -0.15) is 0 Å². The van der Waals surface area contributed by atoms with E-state index < -0.39 is 4.92 Å². The molecule has 0 spiro atoms. The van der Waals surface area contributed by atoms with Gasteiger partial charge in [-0.3, -0.25) is 14.9 Å². The molecule has 1 aliphatic rings. The fourth-order valence-electron chi connectivity index (χ4n) is 1.61. The highest BCUT2D eigenvalue weighted by atomic mass is 16.6. The molecule has 1 aliphatic carbocycles. The fourth-order valence-corrected chi connectivity index (χ4v) is 1.61. The van der Waals surface area contributed by atoms with Crippen LogP contribution in [0.5, 0.6) is 0 Å². The predicted molar refractivity (Wildman–Crippen MR) is 67.3 cm³/mol. The van der Waals surface area contributed by atoms with Crippen molar-refractivity contribution in [2.45, 2.75) is 12.8 Å². The van der Waals surface area contributed by atoms with Gasteiger partial charge in [0.05, 0.1) is 4.92 Å². The number of nitro groups is 1. The van der Waals surface area contributed by atoms with Gasteiger partial charge in [0.1, 0.15) is 0 Å². The van der Waals surface area contributed by atoms with E-state index in [1.165, 1.54) is 12.1 Å². The van der Waals surface area contributed by atoms with Crippen LogP contribution in [0.3, 0.4) is 0 Å². The fraction of sp³-hybridized carbons (Fsp3) is 0.417. The normalized spacial score (nSPS) is 14.0. The first-order valence-corrected chi connectivity index (χ1v) is 5.93. The molecule has 96 valence electrons. The van der Waals surface area contributed by atoms with E-state index in [0.717, 1.165) is 12.8 Å². The Kier molecular flexibility index (Phi) is 3.76. The summed E-state index contributed by atoms with van der Waals surface area (Å²) in [6.07, 6.45) is 1.98. The maximum absolute atomic E-state index is 11.3. The second-order valence-electron chi connectivity index (χ2n) is 4.30. The van der Waals surface area contributed by atoms with Crippen LogP contribution in [0.4, 0.5) is 11.4 Å². The number of hydrogen-bond donors (Lipinski definition) is 2. The van der Waals surface area contributed by atoms with E-state index in [1.54, 1.807) is 12.1 Å². The van der Waals surface area contributed by atoms with Gasteiger partial charge in [-0.1, -0.05) is 6.07 Å². The molecule has 2 N–H and O–H groups in total. The van der Waals surface area contributed by atoms with Crippen molar-refractivity contribution in [3.05, 3.63) is 34.4 Å². The number of rotatable bonds is 6. The smallest absolute Gasteiger partial charge is 0.271 e. The van der Waals surface area contributed by atoms with Crippen LogP contribution >= 0.6 is 0 Å². The Hall–Kier alpha value is -2.11. The summed E-state index contributed by atoms with van der Waals surface area (Å²) in [5.74, 6) is 0.318. The SMILES string of the molecule is O=C(NCCNc1cccc([N+](=O)[O-])c1)C1CC1. The number of nitrogens with one attached hydrogen (secondary N) is 2. The zero-order chi connectivity index (χ0) is 13.0. The van der Waals surface area contributed by atoms with Crippen LogP contribution in [-0.4, -0.2) is 23.9 Å². The first-order valence-electron chi connectivity index (χ1n) is 5.93. The highest BCUT2D eigenvalue weighted by Crippen LogP contribution is 2.28. The zero-order valence-corrected chi connectivity index (χ0v) is 9.89. The number of hydrogen-bond acceptors (Lipinski definition) is 4. The number of anilines is 1. The van der Waals surface area contributed by atoms with Crippen LogP contribution in [0.15, 0.2) is 24.3 Å². The molecular weight excluding hydrogens is 234 g/mol. The number of benzene rings is 1. The minimum absolute atomic E-state index is 0.0574. The number of nitro benzene ring substituents is 1. The zero-order valence-electron chi connectivity index (χ0n) is 9.89. The standard InChI is InChI=1S/C12H15N3O3/c16-12(9-4-5-9)14-7-6-13-10-2-1-3-11(8-10)15(17)18/h1-3,8-9,13H,4-7H2,(H,14,16). The van der Waals surface area contributed by atoms with Crippen molar-refractivity contribution in [1.29, 1.82) is 0 Å². The van der Waals surface area contributed by atoms with Gasteiger partial charge in [0.15, 0.2) is 0 Å². The number of carbonyl (C=O) groups excluding carboxylic acids is 1. The van der Waals surface area contributed by atoms with E-state index in [9.17, 15) is 14.9 Å². The third kappa shape index (κ3) is 3.44. The van der Waals surface area contributed by atoms with Crippen molar-refractivity contribution < 1.29 is 9.72 Å². The molecule has 1 fully saturated rings. The van der Waals surface area contributed by atoms with Crippen LogP contribution in [0.25, 0.3) is 0 Å². The number of carbonyl (C=O) groups is 1. The molecule has 0 heterocycles. The van der Waals surface area contributed by atoms with Crippen molar-refractivity contribution in [2.24, 2.45) is 5.92 Å². The maximum atomic E-state index is 11.3. The van der Waals surface area contributed by atoms with Gasteiger partial charge in [-0.05, 0) is 18.9 Å². The molecular formula is C12H15N3O3. The summed E-state index contributed by atoms with van der Waals surface area (Å²) in [5.41, 5.74) is 0.742. The van der Waals surface area contributed by atoms with Crippen LogP contribution in [0.2, 0.25) is 0 Å². The molecule has 1 aromatic carbocycles. The summed E-state index contributed by atoms with van der Waals surface area (Å²) in [6, 6.07) is 6.31. The van der Waals surface area contributed by atoms with Crippen LogP contribution < -0.4 is 10.6 Å². The molecule has 1 saturated carbocycles. The van der Waals surface area contributed by atoms with E-state index in [4.69, 9.17) is 0 Å². The second-order valence-corrected chi connectivity index (χ2v) is 4.30. The van der Waals surface area contributed by atoms with Gasteiger partial charge in [-0.25, -0.2) is 0 Å². The lowest BCUT2D eigenvalue weighted by atomic mass is 10.3. The van der Waals surface area contributed by atoms with E-state index in [-0.39, 0.29) is 17.5 Å². The molecule has 1 aromatic rings. The molecule has 0 aromatic heterocycles. The van der Waals surface area contributed by atoms with Crippen LogP contribution in [-0.2, 0) is 4.79 Å². The van der Waals surface area contributed by atoms with Crippen molar-refractivity contribution in [3.8, 4) is 0 Å². The largest absolute Gasteiger partial charge is 0.383 e. The first-order chi connectivity index (χ1) is 8.66. The van der Waals surface area contributed by atoms with E-state index >= 15 is 0 Å². The molecule has 0 radical (unpaired) electrons. The quantitative estimate of drug-likeness (QED) is 0.455. The molecule has 0 bridgehead atoms. The molecule has 1 amide bonds. The van der Waals surface area contributed by atoms with Gasteiger partial charge >= 0.3 is 0 Å². The summed E-state index contributed by atoms with van der Waals surface area (Å²) in [5, 5.41) is 16.4. The van der Waals surface area contributed by atoms with Crippen molar-refractivity contribution in [1.82, 2.24) is 5.32 Å². The Morgan fingerprint density at radius 2 is 2.17 bits per heavy atom. The molecule has 6 heteroatoms. The number of amides is 1. The molecule has 6 nitrogen and oxygen atoms in total. The van der Waals surface area contributed by atoms with Gasteiger partial charge in [0.25, 0.3) is 5.69 Å². The Morgan fingerprint density at radius 3 is 2.83 bits per heavy atom. The average Bonchev–Trinajstić information content (AvgIpc) is 3.19. The Labute approximate surface area is 105 Å². The Balaban J connectivity index is 1.74. The van der Waals surface area contributed by atoms with Gasteiger partial charge < -0.3 is 10.6 Å². The van der Waals surface area contributed by atoms with Crippen molar-refractivity contribution in [2.75, 3.05) is 18.4 Å². The monoisotopic (exact) mass is 249 g/mol. The maximum Gasteiger partial charge on any atom is 0.271 e. The first kappa shape index (κ1) is 12.3. The van der Waals surface area contributed by atoms with Crippen LogP contribution in [0.1, 0.15) is 12.8 Å². The van der Waals surface area contributed by atoms with E-state index in [2.05, 4.69) is 10.6 Å². The van der Waals surface area contributed by atoms with Gasteiger partial charge in [0, 0.05) is 36.8 Å². The van der Waals surface area contributed by atoms with Crippen LogP contribution in [0, 0.1) is 16.0 Å². The number of non-ortho nitro benzene ring substituents is 1. The van der Waals surface area contributed by atoms with Crippen molar-refractivity contribution in [3.63, 3.8) is 0 Å². The number of nitrogens with zero attached hydrogens (tertiary/aromatic N) is 1. The Bertz CT molecular complexity index is 458. The summed E-state index contributed by atoms with van der Waals surface area (Å²) in [6.45, 7) is 1.08. The third-order valence-corrected chi connectivity index (χ3v) is 2.76. The summed E-state index contributed by atoms with van der Waals surface area (Å²) < 4.78 is 0. The molecule has 2 rings (SSSR count). The third-order valence-electron chi connectivity index (χ3n) is 2.76. The molecule has 18 heavy (non-hydrogen) atoms. The minimum atomic E-state index is -0.431. The average molecular weight is 249 g/mol. The topological polar surface area (TPSA) is 84.3 Å². The van der Waals surface area contributed by atoms with E-state index in [1.807, 2.05) is 0 Å². The second kappa shape index (κ2) is 5.48. The molecule has 0 unspecified atom stereocenters. The highest BCUT2D eigenvalue weighted by Gasteiger charge is 2.28. The minimum Gasteiger partial charge on any atom is -0.383 e. The van der Waals surface area contributed by atoms with Crippen molar-refractivity contribution >= 4 is 17.3 Å². The van der Waals surface area contributed by atoms with Gasteiger partial charge in [-0.15, -0.1) is 0 Å². The van der Waals surface area contributed by atoms with E-state index in [0.29, 0.717) is 18.8 Å². The predicted octanol–water partition coefficient (Wildman–Crippen LogP) is 1.53. The summed E-state index contributed by atoms with van der Waals surface area (Å²) in [7, 11) is 0. The molecule has 0 atom stereocenters. The summed E-state index contributed by atoms with van der Waals surface area (Å²) >= 11 is 0. The van der Waals surface area contributed by atoms with Gasteiger partial charge in [0.2, 0.25) is 5.91 Å².